The Morgan fingerprint density at radius 1 is 0.457 bits per heavy atom. The largest absolute Gasteiger partial charge is 0.356 e. The van der Waals surface area contributed by atoms with Crippen LogP contribution in [-0.4, -0.2) is 63.4 Å². The van der Waals surface area contributed by atoms with Crippen LogP contribution in [-0.2, 0) is 35.2 Å². The van der Waals surface area contributed by atoms with Gasteiger partial charge in [-0.05, 0) is 22.1 Å². The highest BCUT2D eigenvalue weighted by Crippen LogP contribution is 2.13. The Morgan fingerprint density at radius 2 is 0.978 bits per heavy atom. The third-order valence-electron chi connectivity index (χ3n) is 6.56. The molecule has 0 radical (unpaired) electrons. The number of hydrogen-bond donors (Lipinski definition) is 0. The first-order valence-electron chi connectivity index (χ1n) is 14.3. The van der Waals surface area contributed by atoms with Gasteiger partial charge in [-0.2, -0.15) is 4.80 Å². The van der Waals surface area contributed by atoms with Gasteiger partial charge in [0.05, 0.1) is 12.6 Å². The van der Waals surface area contributed by atoms with E-state index >= 15 is 0 Å². The van der Waals surface area contributed by atoms with Crippen molar-refractivity contribution in [1.29, 1.82) is 0 Å². The number of aromatic nitrogens is 13. The van der Waals surface area contributed by atoms with E-state index in [0.29, 0.717) is 0 Å². The normalized spacial score (nSPS) is 10.3. The highest BCUT2D eigenvalue weighted by atomic mass is 15.6. The Morgan fingerprint density at radius 3 is 1.52 bits per heavy atom. The van der Waals surface area contributed by atoms with Crippen LogP contribution in [0.4, 0.5) is 0 Å². The molecule has 0 saturated heterocycles. The Bertz CT molecular complexity index is 1820. The summed E-state index contributed by atoms with van der Waals surface area (Å²) in [5, 5.41) is 16.7. The molecule has 0 aliphatic carbocycles. The van der Waals surface area contributed by atoms with Crippen LogP contribution >= 0.6 is 0 Å². The van der Waals surface area contributed by atoms with Crippen LogP contribution in [0, 0.1) is 0 Å². The van der Waals surface area contributed by atoms with Crippen LogP contribution < -0.4 is 0 Å². The molecule has 0 unspecified atom stereocenters. The zero-order chi connectivity index (χ0) is 32.3. The summed E-state index contributed by atoms with van der Waals surface area (Å²) in [7, 11) is 9.71. The molecule has 8 heterocycles. The van der Waals surface area contributed by atoms with Crippen molar-refractivity contribution in [3.05, 3.63) is 124 Å². The minimum atomic E-state index is 0.949. The van der Waals surface area contributed by atoms with E-state index in [-0.39, 0.29) is 0 Å². The summed E-state index contributed by atoms with van der Waals surface area (Å²) in [4.78, 5) is 21.6. The average Bonchev–Trinajstić information content (AvgIpc) is 3.87. The van der Waals surface area contributed by atoms with E-state index < -0.39 is 0 Å². The highest BCUT2D eigenvalue weighted by molar-refractivity contribution is 5.82. The molecule has 0 aliphatic heterocycles. The third-order valence-corrected chi connectivity index (χ3v) is 6.56. The van der Waals surface area contributed by atoms with Gasteiger partial charge in [-0.1, -0.05) is 24.3 Å². The van der Waals surface area contributed by atoms with Gasteiger partial charge in [0.15, 0.2) is 6.33 Å². The molecule has 0 aliphatic rings. The lowest BCUT2D eigenvalue weighted by atomic mass is 10.2. The molecule has 46 heavy (non-hydrogen) atoms. The molecular formula is C33H35N13. The van der Waals surface area contributed by atoms with Crippen molar-refractivity contribution in [3.63, 3.8) is 0 Å². The molecule has 232 valence electrons. The molecule has 0 fully saturated rings. The molecule has 8 aromatic heterocycles. The maximum absolute atomic E-state index is 4.12. The van der Waals surface area contributed by atoms with Gasteiger partial charge < -0.3 is 18.3 Å². The predicted molar refractivity (Wildman–Crippen MR) is 179 cm³/mol. The summed E-state index contributed by atoms with van der Waals surface area (Å²) in [5.41, 5.74) is 2.90. The summed E-state index contributed by atoms with van der Waals surface area (Å²) in [5.74, 6) is 0. The summed E-state index contributed by atoms with van der Waals surface area (Å²) in [6.07, 6.45) is 28.1. The van der Waals surface area contributed by atoms with E-state index in [2.05, 4.69) is 94.0 Å². The lowest BCUT2D eigenvalue weighted by Crippen LogP contribution is -1.90. The van der Waals surface area contributed by atoms with Gasteiger partial charge in [-0.15, -0.1) is 10.2 Å². The second-order valence-electron chi connectivity index (χ2n) is 10.4. The fourth-order valence-corrected chi connectivity index (χ4v) is 4.55. The molecule has 0 atom stereocenters. The fraction of sp³-hybridized carbons (Fsp3) is 0.152. The number of fused-ring (bicyclic) bond motifs is 4. The lowest BCUT2D eigenvalue weighted by Gasteiger charge is -1.81. The van der Waals surface area contributed by atoms with E-state index in [1.165, 1.54) is 32.7 Å². The maximum Gasteiger partial charge on any atom is 0.162 e. The first-order valence-corrected chi connectivity index (χ1v) is 14.3. The molecule has 0 bridgehead atoms. The van der Waals surface area contributed by atoms with Gasteiger partial charge in [0, 0.05) is 125 Å². The predicted octanol–water partition coefficient (Wildman–Crippen LogP) is 4.90. The van der Waals surface area contributed by atoms with Crippen molar-refractivity contribution in [1.82, 2.24) is 63.4 Å². The molecule has 13 heteroatoms. The van der Waals surface area contributed by atoms with Crippen LogP contribution in [0.5, 0.6) is 0 Å². The van der Waals surface area contributed by atoms with Crippen LogP contribution in [0.2, 0.25) is 0 Å². The van der Waals surface area contributed by atoms with Crippen molar-refractivity contribution in [2.24, 2.45) is 35.2 Å². The first-order chi connectivity index (χ1) is 22.3. The SMILES string of the molecule is Cn1cc2ccccc2c1.Cn1cc2ccncc2c1.Cn1cc2cncnc2c1.Cn1cc2nccnc2c1.Cn1ncnn1. The third kappa shape index (κ3) is 8.66. The van der Waals surface area contributed by atoms with E-state index in [1.54, 1.807) is 25.8 Å². The molecule has 0 saturated carbocycles. The Hall–Kier alpha value is -6.24. The molecule has 0 amide bonds. The summed E-state index contributed by atoms with van der Waals surface area (Å²) < 4.78 is 8.03. The number of tetrazole rings is 1. The number of benzene rings is 1. The Labute approximate surface area is 265 Å². The number of hydrogen-bond acceptors (Lipinski definition) is 8. The second kappa shape index (κ2) is 15.0. The summed E-state index contributed by atoms with van der Waals surface area (Å²) >= 11 is 0. The summed E-state index contributed by atoms with van der Waals surface area (Å²) in [6.45, 7) is 0. The topological polar surface area (TPSA) is 128 Å². The second-order valence-corrected chi connectivity index (χ2v) is 10.4. The molecular weight excluding hydrogens is 578 g/mol. The molecule has 13 nitrogen and oxygen atoms in total. The number of aryl methyl sites for hydroxylation is 5. The Kier molecular flexibility index (Phi) is 10.2. The van der Waals surface area contributed by atoms with Gasteiger partial charge in [0.2, 0.25) is 0 Å². The van der Waals surface area contributed by atoms with Gasteiger partial charge >= 0.3 is 0 Å². The maximum atomic E-state index is 4.12. The number of nitrogens with zero attached hydrogens (tertiary/aromatic N) is 13. The monoisotopic (exact) mass is 613 g/mol. The van der Waals surface area contributed by atoms with Crippen LogP contribution in [0.15, 0.2) is 124 Å². The van der Waals surface area contributed by atoms with Crippen LogP contribution in [0.3, 0.4) is 0 Å². The van der Waals surface area contributed by atoms with E-state index in [4.69, 9.17) is 0 Å². The average molecular weight is 614 g/mol. The van der Waals surface area contributed by atoms with Gasteiger partial charge in [-0.3, -0.25) is 15.0 Å². The zero-order valence-corrected chi connectivity index (χ0v) is 26.4. The zero-order valence-electron chi connectivity index (χ0n) is 26.4. The van der Waals surface area contributed by atoms with Crippen LogP contribution in [0.1, 0.15) is 0 Å². The molecule has 1 aromatic carbocycles. The van der Waals surface area contributed by atoms with Gasteiger partial charge in [0.25, 0.3) is 0 Å². The smallest absolute Gasteiger partial charge is 0.162 e. The van der Waals surface area contributed by atoms with Crippen molar-refractivity contribution in [2.45, 2.75) is 0 Å². The number of rotatable bonds is 0. The molecule has 9 rings (SSSR count). The van der Waals surface area contributed by atoms with Crippen molar-refractivity contribution in [3.8, 4) is 0 Å². The van der Waals surface area contributed by atoms with Crippen LogP contribution in [0.25, 0.3) is 43.5 Å². The molecule has 0 N–H and O–H groups in total. The van der Waals surface area contributed by atoms with E-state index in [9.17, 15) is 0 Å². The molecule has 0 spiro atoms. The minimum Gasteiger partial charge on any atom is -0.356 e. The quantitative estimate of drug-likeness (QED) is 0.236. The van der Waals surface area contributed by atoms with Gasteiger partial charge in [0.1, 0.15) is 17.4 Å². The van der Waals surface area contributed by atoms with E-state index in [1.807, 2.05) is 91.3 Å². The summed E-state index contributed by atoms with van der Waals surface area (Å²) in [6, 6.07) is 10.4. The minimum absolute atomic E-state index is 0.949. The van der Waals surface area contributed by atoms with Crippen molar-refractivity contribution < 1.29 is 0 Å². The fourth-order valence-electron chi connectivity index (χ4n) is 4.55. The van der Waals surface area contributed by atoms with Crippen molar-refractivity contribution >= 4 is 43.5 Å². The van der Waals surface area contributed by atoms with Gasteiger partial charge in [-0.25, -0.2) is 9.97 Å². The highest BCUT2D eigenvalue weighted by Gasteiger charge is 1.95. The first kappa shape index (κ1) is 31.2. The number of pyridine rings is 1. The standard InChI is InChI=1S/C9H9N.C8H8N2.2C7H7N3.C2H4N4/c1-10-6-8-4-2-3-5-9(8)7-10;1-10-5-7-2-3-9-4-8(7)6-10;1-10-3-6-2-8-5-9-7(6)4-10;1-10-4-6-7(5-10)9-3-2-8-6;1-6-4-2-3-5-6/h2-7H,1H3;2-6H,1H3;2*2-5H,1H3;2H,1H3. The lowest BCUT2D eigenvalue weighted by molar-refractivity contribution is 0.630. The van der Waals surface area contributed by atoms with E-state index in [0.717, 1.165) is 21.9 Å². The molecule has 9 aromatic rings. The van der Waals surface area contributed by atoms with Crippen molar-refractivity contribution in [2.75, 3.05) is 0 Å². The Balaban J connectivity index is 0.000000114.